The zero-order valence-electron chi connectivity index (χ0n) is 11.3. The van der Waals surface area contributed by atoms with Crippen molar-refractivity contribution in [1.29, 1.82) is 0 Å². The molecule has 22 heavy (non-hydrogen) atoms. The molecule has 7 nitrogen and oxygen atoms in total. The molecule has 0 aromatic heterocycles. The molecule has 2 aromatic carbocycles. The molecule has 0 aliphatic rings. The molecule has 0 saturated heterocycles. The Morgan fingerprint density at radius 2 is 1.91 bits per heavy atom. The summed E-state index contributed by atoms with van der Waals surface area (Å²) in [4.78, 5) is 10.1. The largest absolute Gasteiger partial charge is 0.490 e. The zero-order valence-corrected chi connectivity index (χ0v) is 13.7. The summed E-state index contributed by atoms with van der Waals surface area (Å²) in [5.41, 5.74) is -0.0847. The lowest BCUT2D eigenvalue weighted by atomic mass is 10.3. The second kappa shape index (κ2) is 6.32. The van der Waals surface area contributed by atoms with Crippen LogP contribution in [0.1, 0.15) is 0 Å². The topological polar surface area (TPSA) is 98.5 Å². The van der Waals surface area contributed by atoms with Gasteiger partial charge < -0.3 is 4.74 Å². The summed E-state index contributed by atoms with van der Waals surface area (Å²) in [7, 11) is -2.68. The van der Waals surface area contributed by atoms with E-state index in [0.717, 1.165) is 6.07 Å². The lowest BCUT2D eigenvalue weighted by Crippen LogP contribution is -2.13. The van der Waals surface area contributed by atoms with Gasteiger partial charge in [-0.1, -0.05) is 12.1 Å². The molecule has 9 heteroatoms. The third-order valence-corrected chi connectivity index (χ3v) is 4.83. The van der Waals surface area contributed by atoms with Crippen LogP contribution in [0, 0.1) is 10.1 Å². The molecule has 116 valence electrons. The number of anilines is 1. The molecular weight excluding hydrogens is 376 g/mol. The summed E-state index contributed by atoms with van der Waals surface area (Å²) < 4.78 is 32.4. The van der Waals surface area contributed by atoms with E-state index in [9.17, 15) is 18.5 Å². The number of nitrogens with zero attached hydrogens (tertiary/aromatic N) is 1. The maximum absolute atomic E-state index is 12.3. The number of benzene rings is 2. The minimum absolute atomic E-state index is 0.00941. The van der Waals surface area contributed by atoms with E-state index in [1.165, 1.54) is 19.2 Å². The fourth-order valence-corrected chi connectivity index (χ4v) is 3.34. The van der Waals surface area contributed by atoms with E-state index in [-0.39, 0.29) is 10.6 Å². The van der Waals surface area contributed by atoms with Gasteiger partial charge in [-0.05, 0) is 40.2 Å². The predicted octanol–water partition coefficient (Wildman–Crippen LogP) is 3.17. The molecular formula is C13H11BrN2O5S. The Labute approximate surface area is 135 Å². The Hall–Kier alpha value is -2.13. The summed E-state index contributed by atoms with van der Waals surface area (Å²) >= 11 is 3.23. The van der Waals surface area contributed by atoms with Crippen LogP contribution in [0.25, 0.3) is 0 Å². The van der Waals surface area contributed by atoms with Crippen molar-refractivity contribution in [3.63, 3.8) is 0 Å². The molecule has 2 rings (SSSR count). The maximum atomic E-state index is 12.3. The van der Waals surface area contributed by atoms with E-state index in [0.29, 0.717) is 10.2 Å². The van der Waals surface area contributed by atoms with Crippen LogP contribution >= 0.6 is 15.9 Å². The molecule has 0 saturated carbocycles. The first-order valence-corrected chi connectivity index (χ1v) is 8.22. The highest BCUT2D eigenvalue weighted by molar-refractivity contribution is 9.10. The molecule has 0 amide bonds. The second-order valence-corrected chi connectivity index (χ2v) is 6.71. The van der Waals surface area contributed by atoms with Gasteiger partial charge in [0.2, 0.25) is 0 Å². The van der Waals surface area contributed by atoms with Crippen LogP contribution in [0.3, 0.4) is 0 Å². The Balaban J connectivity index is 2.44. The highest BCUT2D eigenvalue weighted by Gasteiger charge is 2.22. The predicted molar refractivity (Wildman–Crippen MR) is 84.6 cm³/mol. The highest BCUT2D eigenvalue weighted by atomic mass is 79.9. The Kier molecular flexibility index (Phi) is 4.67. The van der Waals surface area contributed by atoms with E-state index in [1.807, 2.05) is 0 Å². The normalized spacial score (nSPS) is 11.0. The molecule has 1 N–H and O–H groups in total. The van der Waals surface area contributed by atoms with Crippen LogP contribution in [-0.2, 0) is 10.0 Å². The molecule has 0 atom stereocenters. The van der Waals surface area contributed by atoms with Crippen LogP contribution in [0.4, 0.5) is 11.4 Å². The molecule has 2 aromatic rings. The first kappa shape index (κ1) is 16.2. The van der Waals surface area contributed by atoms with Crippen LogP contribution in [0.2, 0.25) is 0 Å². The number of rotatable bonds is 5. The summed E-state index contributed by atoms with van der Waals surface area (Å²) in [6.45, 7) is 0. The Morgan fingerprint density at radius 3 is 2.50 bits per heavy atom. The first-order valence-electron chi connectivity index (χ1n) is 5.95. The lowest BCUT2D eigenvalue weighted by Gasteiger charge is -2.10. The van der Waals surface area contributed by atoms with Crippen molar-refractivity contribution in [3.8, 4) is 5.75 Å². The first-order chi connectivity index (χ1) is 10.3. The number of methoxy groups -OCH3 is 1. The number of hydrogen-bond donors (Lipinski definition) is 1. The highest BCUT2D eigenvalue weighted by Crippen LogP contribution is 2.31. The van der Waals surface area contributed by atoms with Crippen molar-refractivity contribution >= 4 is 37.3 Å². The number of sulfonamides is 1. The number of ether oxygens (including phenoxy) is 1. The number of nitro groups is 1. The molecule has 0 aliphatic heterocycles. The Bertz CT molecular complexity index is 823. The number of nitro benzene ring substituents is 1. The standard InChI is InChI=1S/C13H11BrN2O5S/c1-21-13-7-6-9(8-12(13)16(17)18)22(19,20)15-11-5-3-2-4-10(11)14/h2-8,15H,1H3. The third-order valence-electron chi connectivity index (χ3n) is 2.78. The molecule has 0 heterocycles. The van der Waals surface area contributed by atoms with Gasteiger partial charge in [0.25, 0.3) is 10.0 Å². The number of para-hydroxylation sites is 1. The Morgan fingerprint density at radius 1 is 1.23 bits per heavy atom. The van der Waals surface area contributed by atoms with Gasteiger partial charge in [0.1, 0.15) is 0 Å². The minimum Gasteiger partial charge on any atom is -0.490 e. The van der Waals surface area contributed by atoms with E-state index in [4.69, 9.17) is 4.74 Å². The number of halogens is 1. The van der Waals surface area contributed by atoms with Gasteiger partial charge in [0.15, 0.2) is 5.75 Å². The maximum Gasteiger partial charge on any atom is 0.312 e. The molecule has 0 unspecified atom stereocenters. The van der Waals surface area contributed by atoms with Crippen LogP contribution in [-0.4, -0.2) is 20.5 Å². The van der Waals surface area contributed by atoms with Gasteiger partial charge in [-0.2, -0.15) is 0 Å². The monoisotopic (exact) mass is 386 g/mol. The van der Waals surface area contributed by atoms with Gasteiger partial charge in [-0.25, -0.2) is 8.42 Å². The molecule has 0 radical (unpaired) electrons. The fourth-order valence-electron chi connectivity index (χ4n) is 1.73. The number of nitrogens with one attached hydrogen (secondary N) is 1. The van der Waals surface area contributed by atoms with Crippen LogP contribution in [0.15, 0.2) is 51.8 Å². The average Bonchev–Trinajstić information content (AvgIpc) is 2.48. The van der Waals surface area contributed by atoms with Crippen molar-refractivity contribution < 1.29 is 18.1 Å². The zero-order chi connectivity index (χ0) is 16.3. The van der Waals surface area contributed by atoms with E-state index >= 15 is 0 Å². The summed E-state index contributed by atoms with van der Waals surface area (Å²) in [6, 6.07) is 10.1. The smallest absolute Gasteiger partial charge is 0.312 e. The van der Waals surface area contributed by atoms with Crippen LogP contribution in [0.5, 0.6) is 5.75 Å². The van der Waals surface area contributed by atoms with Crippen molar-refractivity contribution in [2.45, 2.75) is 4.90 Å². The SMILES string of the molecule is COc1ccc(S(=O)(=O)Nc2ccccc2Br)cc1[N+](=O)[O-]. The van der Waals surface area contributed by atoms with Crippen LogP contribution < -0.4 is 9.46 Å². The van der Waals surface area contributed by atoms with Crippen molar-refractivity contribution in [2.24, 2.45) is 0 Å². The molecule has 0 fully saturated rings. The summed E-state index contributed by atoms with van der Waals surface area (Å²) in [6.07, 6.45) is 0. The molecule has 0 spiro atoms. The average molecular weight is 387 g/mol. The van der Waals surface area contributed by atoms with Crippen molar-refractivity contribution in [1.82, 2.24) is 0 Å². The minimum atomic E-state index is -3.96. The summed E-state index contributed by atoms with van der Waals surface area (Å²) in [5.74, 6) is -0.00941. The van der Waals surface area contributed by atoms with Gasteiger partial charge in [0.05, 0.1) is 22.6 Å². The van der Waals surface area contributed by atoms with Crippen molar-refractivity contribution in [2.75, 3.05) is 11.8 Å². The summed E-state index contributed by atoms with van der Waals surface area (Å²) in [5, 5.41) is 11.0. The van der Waals surface area contributed by atoms with Gasteiger partial charge in [-0.15, -0.1) is 0 Å². The van der Waals surface area contributed by atoms with Gasteiger partial charge in [0, 0.05) is 10.5 Å². The van der Waals surface area contributed by atoms with Crippen molar-refractivity contribution in [3.05, 3.63) is 57.1 Å². The van der Waals surface area contributed by atoms with Gasteiger partial charge in [-0.3, -0.25) is 14.8 Å². The quantitative estimate of drug-likeness (QED) is 0.628. The molecule has 0 aliphatic carbocycles. The number of hydrogen-bond acceptors (Lipinski definition) is 5. The lowest BCUT2D eigenvalue weighted by molar-refractivity contribution is -0.386. The van der Waals surface area contributed by atoms with E-state index in [1.54, 1.807) is 24.3 Å². The van der Waals surface area contributed by atoms with Gasteiger partial charge >= 0.3 is 5.69 Å². The second-order valence-electron chi connectivity index (χ2n) is 4.18. The molecule has 0 bridgehead atoms. The van der Waals surface area contributed by atoms with E-state index in [2.05, 4.69) is 20.7 Å². The van der Waals surface area contributed by atoms with E-state index < -0.39 is 20.6 Å². The third kappa shape index (κ3) is 3.37. The fraction of sp³-hybridized carbons (Fsp3) is 0.0769.